The second kappa shape index (κ2) is 11.5. The third kappa shape index (κ3) is 5.08. The molecule has 6 aromatic rings. The molecule has 4 nitrogen and oxygen atoms in total. The molecule has 6 aromatic carbocycles. The number of benzene rings is 6. The van der Waals surface area contributed by atoms with Crippen molar-refractivity contribution in [1.29, 1.82) is 0 Å². The molecule has 3 aliphatic rings. The fraction of sp³-hybridized carbons (Fsp3) is 0.0930. The van der Waals surface area contributed by atoms with E-state index >= 15 is 0 Å². The van der Waals surface area contributed by atoms with E-state index in [1.165, 1.54) is 38.2 Å². The minimum Gasteiger partial charge on any atom is -0.468 e. The number of ether oxygens (including phenoxy) is 1. The molecule has 0 saturated heterocycles. The van der Waals surface area contributed by atoms with Crippen LogP contribution in [-0.2, 0) is 0 Å². The number of amidine groups is 1. The van der Waals surface area contributed by atoms with Crippen LogP contribution in [0.25, 0.3) is 38.4 Å². The van der Waals surface area contributed by atoms with Gasteiger partial charge in [0.25, 0.3) is 0 Å². The molecule has 0 saturated carbocycles. The molecular weight excluding hydrogens is 574 g/mol. The predicted molar refractivity (Wildman–Crippen MR) is 195 cm³/mol. The van der Waals surface area contributed by atoms with Crippen LogP contribution in [0.3, 0.4) is 0 Å². The zero-order chi connectivity index (χ0) is 31.2. The lowest BCUT2D eigenvalue weighted by Crippen LogP contribution is -2.31. The largest absolute Gasteiger partial charge is 0.468 e. The van der Waals surface area contributed by atoms with E-state index in [2.05, 4.69) is 162 Å². The second-order valence-corrected chi connectivity index (χ2v) is 12.4. The lowest BCUT2D eigenvalue weighted by Gasteiger charge is -2.25. The van der Waals surface area contributed by atoms with Gasteiger partial charge in [-0.25, -0.2) is 4.99 Å². The molecule has 4 heteroatoms. The summed E-state index contributed by atoms with van der Waals surface area (Å²) >= 11 is 0. The zero-order valence-corrected chi connectivity index (χ0v) is 25.8. The Morgan fingerprint density at radius 1 is 0.638 bits per heavy atom. The summed E-state index contributed by atoms with van der Waals surface area (Å²) in [6, 6.07) is 45.1. The Morgan fingerprint density at radius 2 is 1.36 bits per heavy atom. The van der Waals surface area contributed by atoms with Gasteiger partial charge in [0, 0.05) is 16.9 Å². The van der Waals surface area contributed by atoms with E-state index in [-0.39, 0.29) is 12.3 Å². The van der Waals surface area contributed by atoms with Gasteiger partial charge >= 0.3 is 0 Å². The van der Waals surface area contributed by atoms with Crippen molar-refractivity contribution < 1.29 is 4.74 Å². The molecule has 0 aromatic heterocycles. The molecule has 0 spiro atoms. The van der Waals surface area contributed by atoms with Crippen molar-refractivity contribution in [1.82, 2.24) is 5.32 Å². The molecule has 2 heterocycles. The van der Waals surface area contributed by atoms with Crippen LogP contribution in [0.15, 0.2) is 163 Å². The Bertz CT molecular complexity index is 2250. The van der Waals surface area contributed by atoms with Crippen molar-refractivity contribution in [2.75, 3.05) is 5.32 Å². The standard InChI is InChI=1S/C43H33N3O/c1-4-10-28(11-5-1)29-16-18-31(19-17-29)38-27-37(30-12-6-2-7-13-30)44-42(45-38)35-22-24-36-34(26-35)21-20-32-23-25-39-41(40(32)36)46-43(47-39)33-14-8-3-9-15-33/h1-14,16-27,33,38,43,46H,15H2,(H,44,45). The van der Waals surface area contributed by atoms with Crippen LogP contribution in [0, 0.1) is 5.92 Å². The summed E-state index contributed by atoms with van der Waals surface area (Å²) in [6.45, 7) is 0. The average molecular weight is 608 g/mol. The summed E-state index contributed by atoms with van der Waals surface area (Å²) < 4.78 is 6.43. The van der Waals surface area contributed by atoms with Crippen molar-refractivity contribution in [2.45, 2.75) is 18.7 Å². The van der Waals surface area contributed by atoms with Crippen LogP contribution in [0.1, 0.15) is 29.2 Å². The Labute approximate surface area is 274 Å². The first-order valence-electron chi connectivity index (χ1n) is 16.3. The quantitative estimate of drug-likeness (QED) is 0.192. The second-order valence-electron chi connectivity index (χ2n) is 12.4. The molecular formula is C43H33N3O. The highest BCUT2D eigenvalue weighted by Crippen LogP contribution is 2.44. The molecule has 226 valence electrons. The third-order valence-electron chi connectivity index (χ3n) is 9.47. The minimum absolute atomic E-state index is 0.0277. The number of anilines is 1. The summed E-state index contributed by atoms with van der Waals surface area (Å²) in [5.74, 6) is 2.08. The van der Waals surface area contributed by atoms with Crippen LogP contribution in [-0.4, -0.2) is 12.1 Å². The van der Waals surface area contributed by atoms with Gasteiger partial charge in [-0.1, -0.05) is 140 Å². The van der Waals surface area contributed by atoms with Gasteiger partial charge in [0.2, 0.25) is 0 Å². The highest BCUT2D eigenvalue weighted by molar-refractivity contribution is 6.16. The number of hydrogen-bond acceptors (Lipinski definition) is 4. The number of hydrogen-bond donors (Lipinski definition) is 2. The number of fused-ring (bicyclic) bond motifs is 5. The van der Waals surface area contributed by atoms with Crippen LogP contribution < -0.4 is 15.4 Å². The van der Waals surface area contributed by atoms with E-state index in [0.717, 1.165) is 40.5 Å². The van der Waals surface area contributed by atoms with Gasteiger partial charge in [-0.3, -0.25) is 0 Å². The number of allylic oxidation sites excluding steroid dienone is 3. The Hall–Kier alpha value is -5.87. The fourth-order valence-corrected chi connectivity index (χ4v) is 7.00. The van der Waals surface area contributed by atoms with Gasteiger partial charge in [0.15, 0.2) is 6.23 Å². The molecule has 3 atom stereocenters. The molecule has 9 rings (SSSR count). The molecule has 2 aliphatic heterocycles. The maximum atomic E-state index is 6.43. The molecule has 1 aliphatic carbocycles. The van der Waals surface area contributed by atoms with E-state index in [1.54, 1.807) is 0 Å². The first-order valence-corrected chi connectivity index (χ1v) is 16.3. The first-order chi connectivity index (χ1) is 23.3. The van der Waals surface area contributed by atoms with Crippen molar-refractivity contribution in [2.24, 2.45) is 10.9 Å². The Morgan fingerprint density at radius 3 is 2.15 bits per heavy atom. The Balaban J connectivity index is 1.08. The van der Waals surface area contributed by atoms with Crippen molar-refractivity contribution in [3.05, 3.63) is 174 Å². The smallest absolute Gasteiger partial charge is 0.176 e. The van der Waals surface area contributed by atoms with Crippen molar-refractivity contribution in [3.63, 3.8) is 0 Å². The summed E-state index contributed by atoms with van der Waals surface area (Å²) in [5.41, 5.74) is 7.81. The lowest BCUT2D eigenvalue weighted by atomic mass is 9.96. The van der Waals surface area contributed by atoms with Crippen molar-refractivity contribution in [3.8, 4) is 16.9 Å². The van der Waals surface area contributed by atoms with E-state index in [9.17, 15) is 0 Å². The highest BCUT2D eigenvalue weighted by atomic mass is 16.5. The van der Waals surface area contributed by atoms with Crippen molar-refractivity contribution >= 4 is 38.8 Å². The maximum absolute atomic E-state index is 6.43. The van der Waals surface area contributed by atoms with Gasteiger partial charge in [0.1, 0.15) is 11.6 Å². The SMILES string of the molecule is C1=CCC(C2Nc3c(ccc4ccc5cc(C6=NC(c7ccccc7)=CC(c7ccc(-c8ccccc8)cc7)N6)ccc5c34)O2)C=C1. The van der Waals surface area contributed by atoms with Gasteiger partial charge in [-0.05, 0) is 63.0 Å². The normalized spacial score (nSPS) is 19.8. The topological polar surface area (TPSA) is 45.7 Å². The number of nitrogens with one attached hydrogen (secondary N) is 2. The molecule has 0 radical (unpaired) electrons. The zero-order valence-electron chi connectivity index (χ0n) is 25.8. The monoisotopic (exact) mass is 607 g/mol. The minimum atomic E-state index is -0.0750. The van der Waals surface area contributed by atoms with Crippen LogP contribution in [0.2, 0.25) is 0 Å². The first kappa shape index (κ1) is 27.4. The summed E-state index contributed by atoms with van der Waals surface area (Å²) in [6.07, 6.45) is 11.8. The van der Waals surface area contributed by atoms with Crippen LogP contribution in [0.4, 0.5) is 5.69 Å². The number of rotatable bonds is 5. The Kier molecular flexibility index (Phi) is 6.71. The summed E-state index contributed by atoms with van der Waals surface area (Å²) in [7, 11) is 0. The average Bonchev–Trinajstić information content (AvgIpc) is 3.60. The highest BCUT2D eigenvalue weighted by Gasteiger charge is 2.30. The summed E-state index contributed by atoms with van der Waals surface area (Å²) in [5, 5.41) is 12.2. The lowest BCUT2D eigenvalue weighted by molar-refractivity contribution is 0.204. The molecule has 0 fully saturated rings. The number of nitrogens with zero attached hydrogens (tertiary/aromatic N) is 1. The molecule has 47 heavy (non-hydrogen) atoms. The third-order valence-corrected chi connectivity index (χ3v) is 9.47. The predicted octanol–water partition coefficient (Wildman–Crippen LogP) is 10.1. The van der Waals surface area contributed by atoms with E-state index < -0.39 is 0 Å². The number of aliphatic imine (C=N–C) groups is 1. The van der Waals surface area contributed by atoms with Gasteiger partial charge in [-0.2, -0.15) is 0 Å². The van der Waals surface area contributed by atoms with E-state index in [1.807, 2.05) is 6.07 Å². The molecule has 0 amide bonds. The van der Waals surface area contributed by atoms with Gasteiger partial charge < -0.3 is 15.4 Å². The molecule has 2 N–H and O–H groups in total. The van der Waals surface area contributed by atoms with Crippen LogP contribution in [0.5, 0.6) is 5.75 Å². The molecule has 3 unspecified atom stereocenters. The van der Waals surface area contributed by atoms with Gasteiger partial charge in [-0.15, -0.1) is 0 Å². The summed E-state index contributed by atoms with van der Waals surface area (Å²) in [4.78, 5) is 5.17. The fourth-order valence-electron chi connectivity index (χ4n) is 7.00. The maximum Gasteiger partial charge on any atom is 0.176 e. The molecule has 0 bridgehead atoms. The van der Waals surface area contributed by atoms with E-state index in [4.69, 9.17) is 9.73 Å². The van der Waals surface area contributed by atoms with Crippen LogP contribution >= 0.6 is 0 Å². The van der Waals surface area contributed by atoms with Gasteiger partial charge in [0.05, 0.1) is 17.4 Å². The van der Waals surface area contributed by atoms with E-state index in [0.29, 0.717) is 5.92 Å².